The monoisotopic (exact) mass is 376 g/mol. The van der Waals surface area contributed by atoms with Gasteiger partial charge in [-0.3, -0.25) is 0 Å². The number of ether oxygens (including phenoxy) is 1. The van der Waals surface area contributed by atoms with Crippen molar-refractivity contribution in [1.29, 1.82) is 5.26 Å². The van der Waals surface area contributed by atoms with E-state index in [1.165, 1.54) is 23.0 Å². The zero-order chi connectivity index (χ0) is 18.7. The van der Waals surface area contributed by atoms with E-state index in [9.17, 15) is 8.42 Å². The number of aromatic nitrogens is 4. The predicted octanol–water partition coefficient (Wildman–Crippen LogP) is 1.36. The minimum atomic E-state index is -3.70. The number of imidazole rings is 1. The van der Waals surface area contributed by atoms with Crippen molar-refractivity contribution in [3.8, 4) is 11.9 Å². The Morgan fingerprint density at radius 2 is 2.08 bits per heavy atom. The third-order valence-electron chi connectivity index (χ3n) is 4.17. The van der Waals surface area contributed by atoms with Crippen LogP contribution in [0, 0.1) is 11.3 Å². The van der Waals surface area contributed by atoms with E-state index >= 15 is 0 Å². The smallest absolute Gasteiger partial charge is 0.262 e. The molecule has 2 aromatic heterocycles. The third kappa shape index (κ3) is 3.68. The molecule has 0 unspecified atom stereocenters. The van der Waals surface area contributed by atoms with E-state index in [1.807, 2.05) is 19.9 Å². The summed E-state index contributed by atoms with van der Waals surface area (Å²) in [6.07, 6.45) is 6.84. The van der Waals surface area contributed by atoms with E-state index in [4.69, 9.17) is 10.00 Å². The van der Waals surface area contributed by atoms with E-state index in [-0.39, 0.29) is 29.2 Å². The number of nitriles is 1. The maximum Gasteiger partial charge on any atom is 0.262 e. The standard InChI is InChI=1S/C16H20N6O3S/c1-12(2)21-10-15(20-11-21)26(23,24)22-7-3-4-13(9-22)25-16-14(8-17)18-5-6-19-16/h5-6,10-13H,3-4,7,9H2,1-2H3/t13-/m0/s1. The van der Waals surface area contributed by atoms with Crippen LogP contribution >= 0.6 is 0 Å². The van der Waals surface area contributed by atoms with Crippen molar-refractivity contribution >= 4 is 10.0 Å². The number of hydrogen-bond donors (Lipinski definition) is 0. The van der Waals surface area contributed by atoms with Crippen molar-refractivity contribution in [3.63, 3.8) is 0 Å². The first-order chi connectivity index (χ1) is 12.4. The van der Waals surface area contributed by atoms with Gasteiger partial charge in [-0.15, -0.1) is 0 Å². The highest BCUT2D eigenvalue weighted by Gasteiger charge is 2.33. The topological polar surface area (TPSA) is 114 Å². The van der Waals surface area contributed by atoms with Gasteiger partial charge in [0.1, 0.15) is 12.2 Å². The van der Waals surface area contributed by atoms with E-state index < -0.39 is 16.1 Å². The first-order valence-corrected chi connectivity index (χ1v) is 9.77. The van der Waals surface area contributed by atoms with Gasteiger partial charge in [-0.25, -0.2) is 23.4 Å². The minimum absolute atomic E-state index is 0.0315. The molecule has 0 aliphatic carbocycles. The molecule has 3 heterocycles. The van der Waals surface area contributed by atoms with Crippen molar-refractivity contribution in [2.75, 3.05) is 13.1 Å². The average Bonchev–Trinajstić information content (AvgIpc) is 3.14. The summed E-state index contributed by atoms with van der Waals surface area (Å²) in [5.41, 5.74) is 0.0863. The average molecular weight is 376 g/mol. The van der Waals surface area contributed by atoms with Gasteiger partial charge >= 0.3 is 0 Å². The van der Waals surface area contributed by atoms with Crippen LogP contribution in [0.15, 0.2) is 29.9 Å². The van der Waals surface area contributed by atoms with Crippen LogP contribution in [0.1, 0.15) is 38.4 Å². The van der Waals surface area contributed by atoms with Crippen LogP contribution in [0.2, 0.25) is 0 Å². The Kier molecular flexibility index (Phi) is 5.20. The highest BCUT2D eigenvalue weighted by molar-refractivity contribution is 7.89. The summed E-state index contributed by atoms with van der Waals surface area (Å²) in [6.45, 7) is 4.49. The molecule has 0 N–H and O–H groups in total. The van der Waals surface area contributed by atoms with Gasteiger partial charge in [0.15, 0.2) is 5.03 Å². The van der Waals surface area contributed by atoms with Crippen molar-refractivity contribution < 1.29 is 13.2 Å². The van der Waals surface area contributed by atoms with E-state index in [0.717, 1.165) is 0 Å². The van der Waals surface area contributed by atoms with Crippen LogP contribution in [0.3, 0.4) is 0 Å². The van der Waals surface area contributed by atoms with Crippen molar-refractivity contribution in [2.45, 2.75) is 43.9 Å². The Morgan fingerprint density at radius 1 is 1.31 bits per heavy atom. The molecule has 10 heteroatoms. The Bertz CT molecular complexity index is 918. The molecule has 3 rings (SSSR count). The van der Waals surface area contributed by atoms with Crippen LogP contribution in [0.5, 0.6) is 5.88 Å². The van der Waals surface area contributed by atoms with Crippen LogP contribution in [-0.4, -0.2) is 51.4 Å². The Morgan fingerprint density at radius 3 is 2.77 bits per heavy atom. The van der Waals surface area contributed by atoms with Crippen LogP contribution in [0.25, 0.3) is 0 Å². The molecule has 1 aliphatic rings. The largest absolute Gasteiger partial charge is 0.471 e. The van der Waals surface area contributed by atoms with Crippen LogP contribution in [0.4, 0.5) is 0 Å². The highest BCUT2D eigenvalue weighted by Crippen LogP contribution is 2.23. The van der Waals surface area contributed by atoms with Crippen molar-refractivity contribution in [1.82, 2.24) is 23.8 Å². The third-order valence-corrected chi connectivity index (χ3v) is 5.92. The quantitative estimate of drug-likeness (QED) is 0.774. The normalized spacial score (nSPS) is 18.6. The van der Waals surface area contributed by atoms with E-state index in [0.29, 0.717) is 19.4 Å². The molecule has 0 amide bonds. The molecule has 0 saturated carbocycles. The van der Waals surface area contributed by atoms with Crippen LogP contribution in [-0.2, 0) is 10.0 Å². The number of nitrogens with zero attached hydrogens (tertiary/aromatic N) is 6. The second-order valence-electron chi connectivity index (χ2n) is 6.32. The fourth-order valence-corrected chi connectivity index (χ4v) is 4.16. The fourth-order valence-electron chi connectivity index (χ4n) is 2.73. The predicted molar refractivity (Wildman–Crippen MR) is 91.8 cm³/mol. The summed E-state index contributed by atoms with van der Waals surface area (Å²) in [4.78, 5) is 12.0. The lowest BCUT2D eigenvalue weighted by atomic mass is 10.1. The number of piperidine rings is 1. The summed E-state index contributed by atoms with van der Waals surface area (Å²) in [7, 11) is -3.70. The maximum atomic E-state index is 12.9. The molecule has 0 radical (unpaired) electrons. The molecule has 26 heavy (non-hydrogen) atoms. The lowest BCUT2D eigenvalue weighted by molar-refractivity contribution is 0.123. The van der Waals surface area contributed by atoms with Gasteiger partial charge in [0.2, 0.25) is 5.69 Å². The van der Waals surface area contributed by atoms with Gasteiger partial charge in [0.25, 0.3) is 15.9 Å². The summed E-state index contributed by atoms with van der Waals surface area (Å²) in [6, 6.07) is 2.05. The summed E-state index contributed by atoms with van der Waals surface area (Å²) >= 11 is 0. The first kappa shape index (κ1) is 18.3. The lowest BCUT2D eigenvalue weighted by Gasteiger charge is -2.31. The summed E-state index contributed by atoms with van der Waals surface area (Å²) in [5.74, 6) is 0.128. The summed E-state index contributed by atoms with van der Waals surface area (Å²) in [5, 5.41) is 9.11. The molecule has 1 fully saturated rings. The van der Waals surface area contributed by atoms with Gasteiger partial charge < -0.3 is 9.30 Å². The zero-order valence-corrected chi connectivity index (χ0v) is 15.4. The van der Waals surface area contributed by atoms with Gasteiger partial charge in [-0.05, 0) is 26.7 Å². The van der Waals surface area contributed by atoms with Gasteiger partial charge in [0, 0.05) is 31.2 Å². The highest BCUT2D eigenvalue weighted by atomic mass is 32.2. The molecule has 0 bridgehead atoms. The SMILES string of the molecule is CC(C)n1cnc(S(=O)(=O)N2CCC[C@H](Oc3nccnc3C#N)C2)c1. The molecular formula is C16H20N6O3S. The molecule has 1 atom stereocenters. The zero-order valence-electron chi connectivity index (χ0n) is 14.6. The Balaban J connectivity index is 1.76. The van der Waals surface area contributed by atoms with Gasteiger partial charge in [-0.2, -0.15) is 9.57 Å². The second kappa shape index (κ2) is 7.39. The van der Waals surface area contributed by atoms with E-state index in [2.05, 4.69) is 15.0 Å². The molecule has 2 aromatic rings. The molecular weight excluding hydrogens is 356 g/mol. The fraction of sp³-hybridized carbons (Fsp3) is 0.500. The second-order valence-corrected chi connectivity index (χ2v) is 8.20. The number of sulfonamides is 1. The molecule has 0 spiro atoms. The Hall–Kier alpha value is -2.51. The van der Waals surface area contributed by atoms with Crippen LogP contribution < -0.4 is 4.74 Å². The Labute approximate surface area is 152 Å². The van der Waals surface area contributed by atoms with Crippen molar-refractivity contribution in [2.24, 2.45) is 0 Å². The summed E-state index contributed by atoms with van der Waals surface area (Å²) < 4.78 is 34.6. The molecule has 138 valence electrons. The molecule has 0 aromatic carbocycles. The van der Waals surface area contributed by atoms with E-state index in [1.54, 1.807) is 10.8 Å². The lowest BCUT2D eigenvalue weighted by Crippen LogP contribution is -2.44. The first-order valence-electron chi connectivity index (χ1n) is 8.33. The molecule has 1 saturated heterocycles. The maximum absolute atomic E-state index is 12.9. The molecule has 9 nitrogen and oxygen atoms in total. The number of hydrogen-bond acceptors (Lipinski definition) is 7. The number of rotatable bonds is 5. The van der Waals surface area contributed by atoms with Crippen molar-refractivity contribution in [3.05, 3.63) is 30.6 Å². The minimum Gasteiger partial charge on any atom is -0.471 e. The van der Waals surface area contributed by atoms with Gasteiger partial charge in [-0.1, -0.05) is 0 Å². The van der Waals surface area contributed by atoms with Gasteiger partial charge in [0.05, 0.1) is 12.9 Å². The molecule has 1 aliphatic heterocycles.